The van der Waals surface area contributed by atoms with E-state index < -0.39 is 88.8 Å². The summed E-state index contributed by atoms with van der Waals surface area (Å²) >= 11 is 0. The Hall–Kier alpha value is -9.93. The van der Waals surface area contributed by atoms with Crippen molar-refractivity contribution in [1.29, 1.82) is 0 Å². The topological polar surface area (TPSA) is 522 Å². The van der Waals surface area contributed by atoms with Crippen LogP contribution < -0.4 is 71.3 Å². The van der Waals surface area contributed by atoms with Crippen LogP contribution in [0.25, 0.3) is 21.5 Å². The maximum atomic E-state index is 12.6. The van der Waals surface area contributed by atoms with Gasteiger partial charge in [0.15, 0.2) is 12.3 Å². The molecule has 0 spiro atoms. The Labute approximate surface area is 701 Å². The third-order valence-corrected chi connectivity index (χ3v) is 21.4. The van der Waals surface area contributed by atoms with E-state index in [1.54, 1.807) is 57.4 Å². The second-order valence-corrected chi connectivity index (χ2v) is 29.9. The quantitative estimate of drug-likeness (QED) is 0.0146. The minimum absolute atomic E-state index is 0.0181. The number of aromatic nitrogens is 9. The van der Waals surface area contributed by atoms with Gasteiger partial charge in [0.05, 0.1) is 119 Å². The van der Waals surface area contributed by atoms with E-state index in [9.17, 15) is 57.5 Å². The Kier molecular flexibility index (Phi) is 35.4. The number of anilines is 3. The summed E-state index contributed by atoms with van der Waals surface area (Å²) in [7, 11) is 15.4. The van der Waals surface area contributed by atoms with Crippen molar-refractivity contribution in [3.05, 3.63) is 141 Å². The van der Waals surface area contributed by atoms with Crippen molar-refractivity contribution >= 4 is 51.5 Å². The predicted octanol–water partition coefficient (Wildman–Crippen LogP) is -3.34. The molecule has 9 aliphatic rings. The van der Waals surface area contributed by atoms with Crippen molar-refractivity contribution < 1.29 is 100 Å². The van der Waals surface area contributed by atoms with Crippen LogP contribution in [0.5, 0.6) is 0 Å². The number of ether oxygens (including phenoxy) is 14. The molecule has 9 unspecified atom stereocenters. The lowest BCUT2D eigenvalue weighted by Crippen LogP contribution is -2.55. The van der Waals surface area contributed by atoms with Gasteiger partial charge in [0.25, 0.3) is 0 Å². The molecule has 5 aromatic heterocycles. The highest BCUT2D eigenvalue weighted by atomic mass is 16.6. The van der Waals surface area contributed by atoms with Crippen LogP contribution in [-0.4, -0.2) is 311 Å². The molecule has 123 heavy (non-hydrogen) atoms. The number of rotatable bonds is 41. The van der Waals surface area contributed by atoms with Crippen LogP contribution in [0, 0.1) is 35.5 Å². The summed E-state index contributed by atoms with van der Waals surface area (Å²) < 4.78 is 86.8. The van der Waals surface area contributed by atoms with Gasteiger partial charge in [-0.1, -0.05) is 24.3 Å². The van der Waals surface area contributed by atoms with Gasteiger partial charge in [-0.05, 0) is 86.2 Å². The number of hydrogen-bond acceptors (Lipinski definition) is 37. The number of allylic oxidation sites excluding steroid dienone is 4. The van der Waals surface area contributed by atoms with E-state index in [1.807, 2.05) is 0 Å². The second-order valence-electron chi connectivity index (χ2n) is 29.9. The Morgan fingerprint density at radius 2 is 0.626 bits per heavy atom. The summed E-state index contributed by atoms with van der Waals surface area (Å²) in [6.07, 6.45) is 16.7. The van der Waals surface area contributed by atoms with Crippen LogP contribution in [0.3, 0.4) is 0 Å². The fourth-order valence-corrected chi connectivity index (χ4v) is 15.5. The fourth-order valence-electron chi connectivity index (χ4n) is 15.5. The highest BCUT2D eigenvalue weighted by Gasteiger charge is 2.59. The third kappa shape index (κ3) is 23.6. The number of fused-ring (bicyclic) bond motifs is 7. The van der Waals surface area contributed by atoms with Gasteiger partial charge in [-0.3, -0.25) is 34.3 Å². The monoisotopic (exact) mass is 1740 g/mol. The average Bonchev–Trinajstić information content (AvgIpc) is 1.57. The number of methoxy groups -OCH3 is 10. The average molecular weight is 1740 g/mol. The third-order valence-electron chi connectivity index (χ3n) is 21.4. The molecule has 680 valence electrons. The molecule has 2 saturated carbocycles. The number of benzene rings is 1. The van der Waals surface area contributed by atoms with Gasteiger partial charge < -0.3 is 90.5 Å². The molecular formula is C76H110N16O31. The number of epoxide rings is 3. The summed E-state index contributed by atoms with van der Waals surface area (Å²) in [4.78, 5) is 167. The molecule has 9 atom stereocenters. The molecule has 4 aliphatic carbocycles. The summed E-state index contributed by atoms with van der Waals surface area (Å²) in [5.41, 5.74) is -7.74. The molecule has 0 radical (unpaired) electrons. The Balaban J connectivity index is 0.000000155. The molecule has 3 N–H and O–H groups in total. The zero-order chi connectivity index (χ0) is 88.7. The first-order chi connectivity index (χ1) is 59.4. The number of nitrogens with zero attached hydrogens (tertiary/aromatic N) is 16. The first kappa shape index (κ1) is 95.3. The molecule has 7 fully saturated rings. The van der Waals surface area contributed by atoms with Gasteiger partial charge in [0.2, 0.25) is 17.8 Å². The number of hydrogen-bond donors (Lipinski definition) is 3. The van der Waals surface area contributed by atoms with Crippen LogP contribution in [0.15, 0.2) is 93.2 Å². The van der Waals surface area contributed by atoms with Gasteiger partial charge >= 0.3 is 68.7 Å². The molecule has 5 aliphatic heterocycles. The lowest BCUT2D eigenvalue weighted by atomic mass is 9.90. The minimum atomic E-state index is -0.887. The summed E-state index contributed by atoms with van der Waals surface area (Å²) in [6, 6.07) is 1.75. The Bertz CT molecular complexity index is 4560. The summed E-state index contributed by atoms with van der Waals surface area (Å²) in [5.74, 6) is 6.58. The second kappa shape index (κ2) is 45.6. The van der Waals surface area contributed by atoms with E-state index in [0.717, 1.165) is 74.6 Å². The van der Waals surface area contributed by atoms with E-state index in [1.165, 1.54) is 86.6 Å². The smallest absolute Gasteiger partial charge is 0.346 e. The molecule has 5 saturated heterocycles. The van der Waals surface area contributed by atoms with Crippen LogP contribution in [0.2, 0.25) is 0 Å². The molecule has 47 nitrogen and oxygen atoms in total. The van der Waals surface area contributed by atoms with E-state index in [0.29, 0.717) is 51.4 Å². The number of furan rings is 2. The zero-order valence-electron chi connectivity index (χ0n) is 70.5. The molecule has 1 aromatic carbocycles. The predicted molar refractivity (Wildman–Crippen MR) is 432 cm³/mol. The zero-order valence-corrected chi connectivity index (χ0v) is 70.5. The van der Waals surface area contributed by atoms with Crippen molar-refractivity contribution in [3.8, 4) is 0 Å². The van der Waals surface area contributed by atoms with Crippen LogP contribution in [0.1, 0.15) is 38.5 Å². The molecule has 6 aromatic rings. The van der Waals surface area contributed by atoms with Crippen LogP contribution >= 0.6 is 0 Å². The molecule has 47 heteroatoms. The lowest BCUT2D eigenvalue weighted by Gasteiger charge is -2.28. The largest absolute Gasteiger partial charge is 0.395 e. The minimum Gasteiger partial charge on any atom is -0.395 e. The molecule has 4 bridgehead atoms. The number of aliphatic hydroxyl groups excluding tert-OH is 3. The van der Waals surface area contributed by atoms with Gasteiger partial charge in [-0.2, -0.15) is 15.0 Å². The van der Waals surface area contributed by atoms with Gasteiger partial charge in [-0.15, -0.1) is 0 Å². The molecular weight excluding hydrogens is 1630 g/mol. The first-order valence-electron chi connectivity index (χ1n) is 39.7. The van der Waals surface area contributed by atoms with Crippen LogP contribution in [-0.2, 0) is 106 Å². The molecule has 4 amide bonds. The highest BCUT2D eigenvalue weighted by molar-refractivity contribution is 5.96. The molecule has 15 rings (SSSR count). The van der Waals surface area contributed by atoms with Crippen molar-refractivity contribution in [2.45, 2.75) is 108 Å². The van der Waals surface area contributed by atoms with E-state index in [2.05, 4.69) is 48.1 Å². The molecule has 10 heterocycles. The number of carbonyl (C=O) groups is 2. The van der Waals surface area contributed by atoms with Gasteiger partial charge in [0.1, 0.15) is 67.3 Å². The maximum Gasteiger partial charge on any atom is 0.346 e. The van der Waals surface area contributed by atoms with Crippen LogP contribution in [0.4, 0.5) is 27.4 Å². The highest BCUT2D eigenvalue weighted by Crippen LogP contribution is 2.46. The SMILES string of the molecule is C1=CC2CC1CC2CCOCCC1CC2C=CC1C2.COCN(COC)c1nc(N(COC)COC)nc(N(COC)COC)n1.COCN1C(=O)N(COC)C2C1N(COC)C(=O)N2COC.O=c1n(CC2CO2)c(=O)n(CC2CO2)c(=O)n1CC1CO1.O=c1n(CCO)c(=O)n(CCO)c(=O)n1CCO.O=c1oc(=O)c2cc3c(=O)oc(=O)c3cc12. The maximum absolute atomic E-state index is 12.6. The fraction of sp³-hybridized carbons (Fsp3) is 0.671. The van der Waals surface area contributed by atoms with E-state index in [4.69, 9.17) is 81.6 Å². The standard InChI is InChI=1S/C18H26O.C15H30N6O6.C12H22N4O6.C12H15N3O6.C10H2O6.C9H15N3O6/c1-3-15-9-13(1)11-17(15)5-7-19-8-6-18-12-14-2-4-16(18)10-14;1-22-7-19(8-23-2)13-16-14(20(9-24-3)10-25-4)18-15(17-13)21(11-26-5)12-27-6;1-19-5-13-9-10(15(7-21-3)11(13)17)16(8-22-4)12(18)14(9)6-20-2;16-10-13(1-7-4-19-7)11(17)15(3-9-6-21-9)12(18)14(10)2-8-5-20-8;11-7-3-1-4-6(10(14)16-8(4)12)2-5(3)9(13)15-7;13-4-1-10-7(16)11(2-5-14)9(18)12(3-6-15)8(10)17/h1-4,13-18H,5-12H2;7-12H2,1-6H3;9-10H,5-8H2,1-4H3;7-9H,1-6H2;1-2H;13-15H,1-6H2. The first-order valence-corrected chi connectivity index (χ1v) is 39.7. The summed E-state index contributed by atoms with van der Waals surface area (Å²) in [6.45, 7) is 3.70. The Morgan fingerprint density at radius 3 is 0.837 bits per heavy atom. The number of aliphatic hydroxyl groups is 3. The number of urea groups is 2. The number of carbonyl (C=O) groups excluding carboxylic acids is 2. The van der Waals surface area contributed by atoms with E-state index >= 15 is 0 Å². The number of amides is 4. The normalized spacial score (nSPS) is 22.0. The van der Waals surface area contributed by atoms with Crippen molar-refractivity contribution in [3.63, 3.8) is 0 Å². The van der Waals surface area contributed by atoms with Gasteiger partial charge in [-0.25, -0.2) is 84.9 Å². The lowest BCUT2D eigenvalue weighted by molar-refractivity contribution is -0.0135. The van der Waals surface area contributed by atoms with Gasteiger partial charge in [0, 0.05) is 84.3 Å². The van der Waals surface area contributed by atoms with Crippen molar-refractivity contribution in [2.75, 3.05) is 206 Å². The van der Waals surface area contributed by atoms with Crippen molar-refractivity contribution in [2.24, 2.45) is 35.5 Å². The Morgan fingerprint density at radius 1 is 0.366 bits per heavy atom. The summed E-state index contributed by atoms with van der Waals surface area (Å²) in [5, 5.41) is 26.3. The van der Waals surface area contributed by atoms with E-state index in [-0.39, 0.29) is 158 Å². The van der Waals surface area contributed by atoms with Crippen molar-refractivity contribution in [1.82, 2.24) is 62.0 Å².